The van der Waals surface area contributed by atoms with Crippen molar-refractivity contribution in [2.45, 2.75) is 28.9 Å². The standard InChI is InChI=1S/C14H18Cl3O2P/c1-10-8-11(19-2)9-20(18,13(15)14(10,16)17)12-6-4-3-5-7-12/h3-7,10-11,13H,8-9H2,1-2H3. The van der Waals surface area contributed by atoms with Crippen molar-refractivity contribution in [1.82, 2.24) is 0 Å². The van der Waals surface area contributed by atoms with Gasteiger partial charge in [-0.3, -0.25) is 0 Å². The molecular weight excluding hydrogens is 337 g/mol. The van der Waals surface area contributed by atoms with E-state index in [4.69, 9.17) is 39.5 Å². The van der Waals surface area contributed by atoms with Gasteiger partial charge in [-0.25, -0.2) is 0 Å². The van der Waals surface area contributed by atoms with Crippen LogP contribution in [0.4, 0.5) is 0 Å². The Morgan fingerprint density at radius 2 is 1.90 bits per heavy atom. The summed E-state index contributed by atoms with van der Waals surface area (Å²) in [5, 5.41) is -0.113. The van der Waals surface area contributed by atoms with Crippen LogP contribution in [0.15, 0.2) is 30.3 Å². The average molecular weight is 356 g/mol. The van der Waals surface area contributed by atoms with E-state index >= 15 is 0 Å². The van der Waals surface area contributed by atoms with E-state index in [1.807, 2.05) is 37.3 Å². The SMILES string of the molecule is COC1CC(C)C(Cl)(Cl)C(Cl)P(=O)(c2ccccc2)C1. The van der Waals surface area contributed by atoms with E-state index in [1.165, 1.54) is 0 Å². The number of hydrogen-bond acceptors (Lipinski definition) is 2. The molecule has 6 heteroatoms. The van der Waals surface area contributed by atoms with E-state index in [0.717, 1.165) is 0 Å². The molecule has 1 heterocycles. The fourth-order valence-corrected chi connectivity index (χ4v) is 7.59. The number of rotatable bonds is 2. The average Bonchev–Trinajstić information content (AvgIpc) is 2.51. The van der Waals surface area contributed by atoms with Crippen LogP contribution in [0.25, 0.3) is 0 Å². The highest BCUT2D eigenvalue weighted by atomic mass is 35.5. The van der Waals surface area contributed by atoms with Crippen molar-refractivity contribution >= 4 is 47.2 Å². The predicted octanol–water partition coefficient (Wildman–Crippen LogP) is 4.47. The van der Waals surface area contributed by atoms with E-state index in [-0.39, 0.29) is 12.0 Å². The molecule has 0 bridgehead atoms. The van der Waals surface area contributed by atoms with Crippen molar-refractivity contribution in [2.24, 2.45) is 5.92 Å². The molecule has 20 heavy (non-hydrogen) atoms. The molecule has 2 nitrogen and oxygen atoms in total. The molecule has 1 aromatic carbocycles. The molecule has 1 fully saturated rings. The first-order chi connectivity index (χ1) is 9.32. The molecule has 2 rings (SSSR count). The van der Waals surface area contributed by atoms with Crippen LogP contribution in [0.2, 0.25) is 0 Å². The van der Waals surface area contributed by atoms with Gasteiger partial charge in [-0.1, -0.05) is 60.5 Å². The molecule has 1 aliphatic rings. The molecule has 4 unspecified atom stereocenters. The van der Waals surface area contributed by atoms with E-state index in [0.29, 0.717) is 17.9 Å². The zero-order valence-electron chi connectivity index (χ0n) is 11.4. The molecule has 0 radical (unpaired) electrons. The van der Waals surface area contributed by atoms with Crippen LogP contribution < -0.4 is 5.30 Å². The van der Waals surface area contributed by atoms with Gasteiger partial charge in [-0.05, 0) is 12.3 Å². The van der Waals surface area contributed by atoms with E-state index in [2.05, 4.69) is 0 Å². The van der Waals surface area contributed by atoms with Crippen molar-refractivity contribution in [1.29, 1.82) is 0 Å². The minimum atomic E-state index is -2.96. The van der Waals surface area contributed by atoms with Crippen LogP contribution in [0.3, 0.4) is 0 Å². The molecule has 1 aromatic rings. The van der Waals surface area contributed by atoms with Crippen molar-refractivity contribution in [3.8, 4) is 0 Å². The maximum absolute atomic E-state index is 13.5. The lowest BCUT2D eigenvalue weighted by molar-refractivity contribution is 0.100. The van der Waals surface area contributed by atoms with Gasteiger partial charge in [0, 0.05) is 18.6 Å². The summed E-state index contributed by atoms with van der Waals surface area (Å²) in [6.07, 6.45) is 0.855. The van der Waals surface area contributed by atoms with Gasteiger partial charge >= 0.3 is 0 Å². The Morgan fingerprint density at radius 3 is 2.45 bits per heavy atom. The van der Waals surface area contributed by atoms with Crippen LogP contribution in [0, 0.1) is 5.92 Å². The fourth-order valence-electron chi connectivity index (χ4n) is 2.62. The largest absolute Gasteiger partial charge is 0.381 e. The van der Waals surface area contributed by atoms with Gasteiger partial charge in [0.15, 0.2) is 0 Å². The maximum atomic E-state index is 13.5. The van der Waals surface area contributed by atoms with E-state index < -0.39 is 16.6 Å². The third-order valence-electron chi connectivity index (χ3n) is 3.96. The number of alkyl halides is 3. The summed E-state index contributed by atoms with van der Waals surface area (Å²) in [6, 6.07) is 9.21. The highest BCUT2D eigenvalue weighted by Gasteiger charge is 2.53. The predicted molar refractivity (Wildman–Crippen MR) is 87.2 cm³/mol. The molecule has 0 aromatic heterocycles. The van der Waals surface area contributed by atoms with Gasteiger partial charge in [0.2, 0.25) is 0 Å². The number of benzene rings is 1. The quantitative estimate of drug-likeness (QED) is 0.578. The third kappa shape index (κ3) is 2.91. The third-order valence-corrected chi connectivity index (χ3v) is 10.2. The lowest BCUT2D eigenvalue weighted by Crippen LogP contribution is -2.34. The summed E-state index contributed by atoms with van der Waals surface area (Å²) >= 11 is 19.4. The van der Waals surface area contributed by atoms with Gasteiger partial charge in [0.05, 0.1) is 6.10 Å². The van der Waals surface area contributed by atoms with Crippen molar-refractivity contribution in [3.05, 3.63) is 30.3 Å². The molecule has 1 aliphatic heterocycles. The van der Waals surface area contributed by atoms with Crippen LogP contribution >= 0.6 is 41.9 Å². The number of hydrogen-bond donors (Lipinski definition) is 0. The summed E-state index contributed by atoms with van der Waals surface area (Å²) < 4.78 is 17.8. The van der Waals surface area contributed by atoms with Gasteiger partial charge in [-0.2, -0.15) is 0 Å². The second-order valence-corrected chi connectivity index (χ2v) is 10.5. The summed E-state index contributed by atoms with van der Waals surface area (Å²) in [7, 11) is -1.34. The van der Waals surface area contributed by atoms with Gasteiger partial charge < -0.3 is 9.30 Å². The molecular formula is C14H18Cl3O2P. The van der Waals surface area contributed by atoms with Gasteiger partial charge in [0.1, 0.15) is 16.6 Å². The Morgan fingerprint density at radius 1 is 1.30 bits per heavy atom. The Kier molecular flexibility index (Phi) is 5.15. The number of methoxy groups -OCH3 is 1. The zero-order chi connectivity index (χ0) is 15.0. The first-order valence-corrected chi connectivity index (χ1v) is 9.66. The molecule has 1 saturated heterocycles. The highest BCUT2D eigenvalue weighted by Crippen LogP contribution is 2.63. The van der Waals surface area contributed by atoms with E-state index in [1.54, 1.807) is 7.11 Å². The molecule has 0 aliphatic carbocycles. The number of halogens is 3. The van der Waals surface area contributed by atoms with Crippen LogP contribution in [0.5, 0.6) is 0 Å². The molecule has 0 N–H and O–H groups in total. The molecule has 4 atom stereocenters. The Balaban J connectivity index is 2.52. The van der Waals surface area contributed by atoms with E-state index in [9.17, 15) is 4.57 Å². The van der Waals surface area contributed by atoms with Crippen molar-refractivity contribution in [3.63, 3.8) is 0 Å². The lowest BCUT2D eigenvalue weighted by atomic mass is 10.0. The fraction of sp³-hybridized carbons (Fsp3) is 0.571. The number of ether oxygens (including phenoxy) is 1. The first kappa shape index (κ1) is 16.6. The van der Waals surface area contributed by atoms with Gasteiger partial charge in [0.25, 0.3) is 0 Å². The minimum absolute atomic E-state index is 0.0992. The minimum Gasteiger partial charge on any atom is -0.381 e. The monoisotopic (exact) mass is 354 g/mol. The van der Waals surface area contributed by atoms with Crippen LogP contribution in [-0.2, 0) is 9.30 Å². The summed E-state index contributed by atoms with van der Waals surface area (Å²) in [5.74, 6) is -0.0992. The van der Waals surface area contributed by atoms with Crippen LogP contribution in [-0.4, -0.2) is 28.8 Å². The Hall–Kier alpha value is 0.280. The highest BCUT2D eigenvalue weighted by molar-refractivity contribution is 7.74. The Bertz CT molecular complexity index is 506. The maximum Gasteiger partial charge on any atom is 0.144 e. The normalized spacial score (nSPS) is 37.4. The zero-order valence-corrected chi connectivity index (χ0v) is 14.6. The van der Waals surface area contributed by atoms with Crippen molar-refractivity contribution in [2.75, 3.05) is 13.3 Å². The molecule has 0 amide bonds. The first-order valence-electron chi connectivity index (χ1n) is 6.51. The van der Waals surface area contributed by atoms with Gasteiger partial charge in [-0.15, -0.1) is 11.6 Å². The molecule has 0 saturated carbocycles. The summed E-state index contributed by atoms with van der Waals surface area (Å²) in [5.41, 5.74) is 0. The molecule has 0 spiro atoms. The topological polar surface area (TPSA) is 26.3 Å². The summed E-state index contributed by atoms with van der Waals surface area (Å²) in [6.45, 7) is 1.92. The second-order valence-electron chi connectivity index (χ2n) is 5.32. The molecule has 112 valence electrons. The Labute approximate surface area is 135 Å². The second kappa shape index (κ2) is 6.18. The van der Waals surface area contributed by atoms with Crippen molar-refractivity contribution < 1.29 is 9.30 Å². The van der Waals surface area contributed by atoms with Crippen LogP contribution in [0.1, 0.15) is 13.3 Å². The smallest absolute Gasteiger partial charge is 0.144 e. The lowest BCUT2D eigenvalue weighted by Gasteiger charge is -2.32. The summed E-state index contributed by atoms with van der Waals surface area (Å²) in [4.78, 5) is 0.